The maximum Gasteiger partial charge on any atom is 0.0540 e. The first-order chi connectivity index (χ1) is 31.7. The molecule has 0 heterocycles. The Morgan fingerprint density at radius 2 is 0.750 bits per heavy atom. The molecular formula is C62H46N2. The van der Waals surface area contributed by atoms with Crippen LogP contribution in [0.15, 0.2) is 261 Å². The van der Waals surface area contributed by atoms with Gasteiger partial charge in [-0.05, 0) is 117 Å². The number of benzene rings is 10. The van der Waals surface area contributed by atoms with Gasteiger partial charge in [-0.25, -0.2) is 0 Å². The molecule has 10 aromatic carbocycles. The van der Waals surface area contributed by atoms with Gasteiger partial charge >= 0.3 is 0 Å². The van der Waals surface area contributed by atoms with Gasteiger partial charge in [-0.1, -0.05) is 200 Å². The quantitative estimate of drug-likeness (QED) is 0.136. The number of allylic oxidation sites excluding steroid dienone is 4. The van der Waals surface area contributed by atoms with E-state index in [0.717, 1.165) is 29.2 Å². The third-order valence-corrected chi connectivity index (χ3v) is 12.6. The maximum absolute atomic E-state index is 2.40. The summed E-state index contributed by atoms with van der Waals surface area (Å²) in [7, 11) is 0. The molecule has 0 N–H and O–H groups in total. The Balaban J connectivity index is 0.793. The van der Waals surface area contributed by atoms with Crippen LogP contribution in [0.2, 0.25) is 0 Å². The van der Waals surface area contributed by atoms with Gasteiger partial charge in [0.15, 0.2) is 0 Å². The minimum atomic E-state index is 0.324. The molecule has 0 saturated heterocycles. The Labute approximate surface area is 376 Å². The summed E-state index contributed by atoms with van der Waals surface area (Å²) < 4.78 is 0. The molecule has 2 nitrogen and oxygen atoms in total. The van der Waals surface area contributed by atoms with Gasteiger partial charge in [0.2, 0.25) is 0 Å². The predicted molar refractivity (Wildman–Crippen MR) is 273 cm³/mol. The minimum absolute atomic E-state index is 0.324. The predicted octanol–water partition coefficient (Wildman–Crippen LogP) is 17.4. The van der Waals surface area contributed by atoms with Gasteiger partial charge < -0.3 is 9.80 Å². The minimum Gasteiger partial charge on any atom is -0.310 e. The normalized spacial score (nSPS) is 13.4. The molecule has 0 spiro atoms. The molecule has 1 aliphatic carbocycles. The van der Waals surface area contributed by atoms with Gasteiger partial charge in [-0.15, -0.1) is 0 Å². The van der Waals surface area contributed by atoms with Crippen LogP contribution in [0, 0.1) is 0 Å². The summed E-state index contributed by atoms with van der Waals surface area (Å²) >= 11 is 0. The number of hydrogen-bond acceptors (Lipinski definition) is 2. The fraction of sp³-hybridized carbons (Fsp3) is 0.0323. The first kappa shape index (κ1) is 38.7. The Hall–Kier alpha value is -8.20. The fourth-order valence-corrected chi connectivity index (χ4v) is 9.31. The molecule has 0 bridgehead atoms. The highest BCUT2D eigenvalue weighted by Gasteiger charge is 2.18. The summed E-state index contributed by atoms with van der Waals surface area (Å²) in [5.41, 5.74) is 15.5. The van der Waals surface area contributed by atoms with E-state index in [1.807, 2.05) is 0 Å². The molecule has 0 aromatic heterocycles. The number of rotatable bonds is 10. The van der Waals surface area contributed by atoms with Crippen molar-refractivity contribution in [2.75, 3.05) is 9.80 Å². The second-order valence-corrected chi connectivity index (χ2v) is 16.5. The number of anilines is 6. The number of nitrogens with zero attached hydrogens (tertiary/aromatic N) is 2. The van der Waals surface area contributed by atoms with E-state index >= 15 is 0 Å². The van der Waals surface area contributed by atoms with Crippen LogP contribution in [0.4, 0.5) is 34.1 Å². The van der Waals surface area contributed by atoms with Crippen LogP contribution < -0.4 is 9.80 Å². The third-order valence-electron chi connectivity index (χ3n) is 12.6. The highest BCUT2D eigenvalue weighted by molar-refractivity contribution is 6.00. The van der Waals surface area contributed by atoms with E-state index in [1.165, 1.54) is 71.9 Å². The van der Waals surface area contributed by atoms with Gasteiger partial charge in [0, 0.05) is 39.4 Å². The monoisotopic (exact) mass is 818 g/mol. The molecule has 1 atom stereocenters. The molecule has 0 fully saturated rings. The van der Waals surface area contributed by atoms with Crippen LogP contribution in [-0.2, 0) is 0 Å². The van der Waals surface area contributed by atoms with Gasteiger partial charge in [0.05, 0.1) is 11.4 Å². The van der Waals surface area contributed by atoms with Crippen LogP contribution in [-0.4, -0.2) is 0 Å². The fourth-order valence-electron chi connectivity index (χ4n) is 9.31. The van der Waals surface area contributed by atoms with Crippen molar-refractivity contribution in [3.8, 4) is 22.3 Å². The average Bonchev–Trinajstić information content (AvgIpc) is 3.38. The lowest BCUT2D eigenvalue weighted by Crippen LogP contribution is -2.10. The van der Waals surface area contributed by atoms with Crippen LogP contribution in [0.1, 0.15) is 23.5 Å². The molecular weight excluding hydrogens is 773 g/mol. The molecule has 64 heavy (non-hydrogen) atoms. The number of fused-ring (bicyclic) bond motifs is 2. The first-order valence-corrected chi connectivity index (χ1v) is 22.2. The lowest BCUT2D eigenvalue weighted by molar-refractivity contribution is 0.857. The molecule has 0 radical (unpaired) electrons. The molecule has 1 aliphatic rings. The zero-order chi connectivity index (χ0) is 42.7. The smallest absolute Gasteiger partial charge is 0.0540 e. The number of para-hydroxylation sites is 2. The van der Waals surface area contributed by atoms with Crippen molar-refractivity contribution in [2.45, 2.75) is 12.3 Å². The van der Waals surface area contributed by atoms with E-state index < -0.39 is 0 Å². The van der Waals surface area contributed by atoms with Crippen LogP contribution in [0.3, 0.4) is 0 Å². The van der Waals surface area contributed by atoms with E-state index in [4.69, 9.17) is 0 Å². The summed E-state index contributed by atoms with van der Waals surface area (Å²) in [6, 6.07) is 87.6. The zero-order valence-corrected chi connectivity index (χ0v) is 35.5. The van der Waals surface area contributed by atoms with Crippen molar-refractivity contribution < 1.29 is 0 Å². The maximum atomic E-state index is 2.40. The summed E-state index contributed by atoms with van der Waals surface area (Å²) in [5, 5.41) is 4.92. The molecule has 11 rings (SSSR count). The SMILES string of the molecule is C1=CC(c2cccc(-c3ccc(-c4ccc(N(c5ccccc5)c5cccc6ccccc56)cc4)cc3)c2)CC=C1c1ccc(N(c2ccccc2)c2cccc3ccccc23)cc1. The van der Waals surface area contributed by atoms with Crippen molar-refractivity contribution in [3.63, 3.8) is 0 Å². The second-order valence-electron chi connectivity index (χ2n) is 16.5. The molecule has 1 unspecified atom stereocenters. The van der Waals surface area contributed by atoms with Gasteiger partial charge in [-0.2, -0.15) is 0 Å². The van der Waals surface area contributed by atoms with Gasteiger partial charge in [-0.3, -0.25) is 0 Å². The molecule has 0 aliphatic heterocycles. The second kappa shape index (κ2) is 17.3. The van der Waals surface area contributed by atoms with E-state index in [-0.39, 0.29) is 0 Å². The van der Waals surface area contributed by atoms with Crippen LogP contribution >= 0.6 is 0 Å². The van der Waals surface area contributed by atoms with Crippen LogP contribution in [0.5, 0.6) is 0 Å². The molecule has 10 aromatic rings. The third kappa shape index (κ3) is 7.67. The summed E-state index contributed by atoms with van der Waals surface area (Å²) in [5.74, 6) is 0.324. The molecule has 0 saturated carbocycles. The molecule has 304 valence electrons. The number of hydrogen-bond donors (Lipinski definition) is 0. The summed E-state index contributed by atoms with van der Waals surface area (Å²) in [6.07, 6.45) is 8.03. The van der Waals surface area contributed by atoms with Crippen molar-refractivity contribution >= 4 is 61.2 Å². The van der Waals surface area contributed by atoms with Crippen molar-refractivity contribution in [2.24, 2.45) is 0 Å². The van der Waals surface area contributed by atoms with Crippen molar-refractivity contribution in [1.29, 1.82) is 0 Å². The largest absolute Gasteiger partial charge is 0.310 e. The highest BCUT2D eigenvalue weighted by atomic mass is 15.1. The zero-order valence-electron chi connectivity index (χ0n) is 35.5. The van der Waals surface area contributed by atoms with E-state index in [9.17, 15) is 0 Å². The first-order valence-electron chi connectivity index (χ1n) is 22.2. The topological polar surface area (TPSA) is 6.48 Å². The molecule has 0 amide bonds. The average molecular weight is 819 g/mol. The van der Waals surface area contributed by atoms with Gasteiger partial charge in [0.1, 0.15) is 0 Å². The Kier molecular flexibility index (Phi) is 10.5. The van der Waals surface area contributed by atoms with Crippen molar-refractivity contribution in [3.05, 3.63) is 272 Å². The van der Waals surface area contributed by atoms with Gasteiger partial charge in [0.25, 0.3) is 0 Å². The standard InChI is InChI=1S/C62H46N2/c1-3-20-55(21-4-1)63(61-26-12-16-51-14-7-9-24-59(51)61)57-40-36-47(37-41-57)45-28-32-49(33-29-45)53-18-11-19-54(44-53)50-34-30-46(31-35-50)48-38-42-58(43-39-48)64(56-22-5-2-6-23-56)62-27-13-17-52-15-8-10-25-60(52)62/h1-34,36-44,50H,35H2. The molecule has 2 heteroatoms. The van der Waals surface area contributed by atoms with E-state index in [1.54, 1.807) is 0 Å². The highest BCUT2D eigenvalue weighted by Crippen LogP contribution is 2.42. The van der Waals surface area contributed by atoms with Crippen LogP contribution in [0.25, 0.3) is 49.4 Å². The lowest BCUT2D eigenvalue weighted by Gasteiger charge is -2.27. The Bertz CT molecular complexity index is 3260. The summed E-state index contributed by atoms with van der Waals surface area (Å²) in [6.45, 7) is 0. The summed E-state index contributed by atoms with van der Waals surface area (Å²) in [4.78, 5) is 4.71. The van der Waals surface area contributed by atoms with Crippen molar-refractivity contribution in [1.82, 2.24) is 0 Å². The Morgan fingerprint density at radius 3 is 1.27 bits per heavy atom. The van der Waals surface area contributed by atoms with E-state index in [2.05, 4.69) is 271 Å². The van der Waals surface area contributed by atoms with E-state index in [0.29, 0.717) is 5.92 Å². The Morgan fingerprint density at radius 1 is 0.328 bits per heavy atom. The lowest BCUT2D eigenvalue weighted by atomic mass is 9.87.